The van der Waals surface area contributed by atoms with Gasteiger partial charge in [0.1, 0.15) is 0 Å². The predicted molar refractivity (Wildman–Crippen MR) is 94.9 cm³/mol. The van der Waals surface area contributed by atoms with Crippen LogP contribution in [-0.2, 0) is 6.42 Å². The van der Waals surface area contributed by atoms with E-state index in [9.17, 15) is 0 Å². The fourth-order valence-corrected chi connectivity index (χ4v) is 2.65. The van der Waals surface area contributed by atoms with Crippen LogP contribution < -0.4 is 9.47 Å². The molecule has 0 heterocycles. The van der Waals surface area contributed by atoms with Gasteiger partial charge in [0.2, 0.25) is 0 Å². The highest BCUT2D eigenvalue weighted by molar-refractivity contribution is 7.99. The van der Waals surface area contributed by atoms with E-state index < -0.39 is 0 Å². The maximum absolute atomic E-state index is 5.27. The molecule has 2 aromatic carbocycles. The van der Waals surface area contributed by atoms with Crippen molar-refractivity contribution in [2.45, 2.75) is 18.2 Å². The molecule has 0 fully saturated rings. The molecule has 0 amide bonds. The van der Waals surface area contributed by atoms with Crippen molar-refractivity contribution in [3.8, 4) is 23.8 Å². The van der Waals surface area contributed by atoms with Crippen LogP contribution in [0.1, 0.15) is 12.5 Å². The average molecular weight is 314 g/mol. The normalized spacial score (nSPS) is 9.18. The van der Waals surface area contributed by atoms with Crippen molar-refractivity contribution in [2.24, 2.45) is 0 Å². The smallest absolute Gasteiger partial charge is 0.160 e. The number of methoxy groups -OCH3 is 2. The summed E-state index contributed by atoms with van der Waals surface area (Å²) >= 11 is 1.85. The highest BCUT2D eigenvalue weighted by atomic mass is 32.2. The second-order valence-corrected chi connectivity index (χ2v) is 5.58. The Labute approximate surface area is 137 Å². The van der Waals surface area contributed by atoms with Gasteiger partial charge in [0.05, 0.1) is 14.2 Å². The van der Waals surface area contributed by atoms with Gasteiger partial charge in [-0.05, 0) is 29.5 Å². The first-order valence-corrected chi connectivity index (χ1v) is 8.06. The summed E-state index contributed by atoms with van der Waals surface area (Å²) in [5, 5.41) is 0. The minimum absolute atomic E-state index is 0.739. The molecular weight excluding hydrogens is 292 g/mol. The number of terminal acetylenes is 1. The van der Waals surface area contributed by atoms with Crippen molar-refractivity contribution < 1.29 is 9.47 Å². The zero-order valence-corrected chi connectivity index (χ0v) is 14.2. The highest BCUT2D eigenvalue weighted by Gasteiger charge is 1.98. The molecule has 0 aliphatic heterocycles. The Morgan fingerprint density at radius 3 is 2.00 bits per heavy atom. The average Bonchev–Trinajstić information content (AvgIpc) is 2.57. The lowest BCUT2D eigenvalue weighted by Gasteiger charge is -2.04. The van der Waals surface area contributed by atoms with Gasteiger partial charge < -0.3 is 9.47 Å². The maximum atomic E-state index is 5.27. The molecule has 0 saturated carbocycles. The molecule has 0 aliphatic carbocycles. The first-order chi connectivity index (χ1) is 10.8. The summed E-state index contributed by atoms with van der Waals surface area (Å²) in [4.78, 5) is 1.32. The van der Waals surface area contributed by atoms with Gasteiger partial charge in [0.25, 0.3) is 0 Å². The molecule has 0 atom stereocenters. The fraction of sp³-hybridized carbons (Fsp3) is 0.263. The van der Waals surface area contributed by atoms with Gasteiger partial charge in [-0.1, -0.05) is 37.3 Å². The quantitative estimate of drug-likeness (QED) is 0.590. The monoisotopic (exact) mass is 314 g/mol. The van der Waals surface area contributed by atoms with E-state index in [0.717, 1.165) is 23.7 Å². The molecule has 3 heteroatoms. The van der Waals surface area contributed by atoms with Crippen LogP contribution in [0.3, 0.4) is 0 Å². The summed E-state index contributed by atoms with van der Waals surface area (Å²) < 4.78 is 10.0. The lowest BCUT2D eigenvalue weighted by molar-refractivity contribution is 0.355. The molecule has 22 heavy (non-hydrogen) atoms. The van der Waals surface area contributed by atoms with Gasteiger partial charge >= 0.3 is 0 Å². The van der Waals surface area contributed by atoms with Gasteiger partial charge in [-0.25, -0.2) is 0 Å². The first kappa shape index (κ1) is 18.0. The van der Waals surface area contributed by atoms with E-state index in [-0.39, 0.29) is 0 Å². The van der Waals surface area contributed by atoms with Gasteiger partial charge in [-0.2, -0.15) is 0 Å². The van der Waals surface area contributed by atoms with Crippen LogP contribution in [0.15, 0.2) is 53.4 Å². The third-order valence-electron chi connectivity index (χ3n) is 2.85. The van der Waals surface area contributed by atoms with Crippen molar-refractivity contribution in [1.29, 1.82) is 0 Å². The number of benzene rings is 2. The number of hydrogen-bond acceptors (Lipinski definition) is 3. The Morgan fingerprint density at radius 1 is 0.955 bits per heavy atom. The predicted octanol–water partition coefficient (Wildman–Crippen LogP) is 4.68. The van der Waals surface area contributed by atoms with E-state index in [1.165, 1.54) is 10.5 Å². The van der Waals surface area contributed by atoms with Gasteiger partial charge in [-0.3, -0.25) is 0 Å². The summed E-state index contributed by atoms with van der Waals surface area (Å²) in [6.07, 6.45) is 6.01. The third kappa shape index (κ3) is 5.75. The van der Waals surface area contributed by atoms with E-state index in [1.54, 1.807) is 14.2 Å². The zero-order valence-electron chi connectivity index (χ0n) is 13.3. The zero-order chi connectivity index (χ0) is 16.2. The van der Waals surface area contributed by atoms with E-state index in [2.05, 4.69) is 31.0 Å². The highest BCUT2D eigenvalue weighted by Crippen LogP contribution is 2.24. The van der Waals surface area contributed by atoms with Gasteiger partial charge in [-0.15, -0.1) is 24.1 Å². The SMILES string of the molecule is C#CCc1ccccc1SCC.COc1ccccc1OC. The first-order valence-electron chi connectivity index (χ1n) is 7.08. The summed E-state index contributed by atoms with van der Waals surface area (Å²) in [6, 6.07) is 15.8. The van der Waals surface area contributed by atoms with E-state index in [0.29, 0.717) is 0 Å². The van der Waals surface area contributed by atoms with Crippen LogP contribution in [-0.4, -0.2) is 20.0 Å². The molecule has 0 spiro atoms. The number of thioether (sulfide) groups is 1. The lowest BCUT2D eigenvalue weighted by atomic mass is 10.2. The van der Waals surface area contributed by atoms with Gasteiger partial charge in [0.15, 0.2) is 11.5 Å². The summed E-state index contributed by atoms with van der Waals surface area (Å²) in [5.74, 6) is 5.31. The Morgan fingerprint density at radius 2 is 1.50 bits per heavy atom. The van der Waals surface area contributed by atoms with Crippen LogP contribution >= 0.6 is 11.8 Å². The number of hydrogen-bond donors (Lipinski definition) is 0. The van der Waals surface area contributed by atoms with Crippen LogP contribution in [0.2, 0.25) is 0 Å². The van der Waals surface area contributed by atoms with Crippen molar-refractivity contribution in [1.82, 2.24) is 0 Å². The lowest BCUT2D eigenvalue weighted by Crippen LogP contribution is -1.88. The second kappa shape index (κ2) is 10.6. The molecule has 0 saturated heterocycles. The Kier molecular flexibility index (Phi) is 8.71. The van der Waals surface area contributed by atoms with E-state index in [4.69, 9.17) is 15.9 Å². The minimum Gasteiger partial charge on any atom is -0.493 e. The molecule has 0 bridgehead atoms. The molecule has 0 aliphatic rings. The molecular formula is C19H22O2S. The molecule has 0 N–H and O–H groups in total. The van der Waals surface area contributed by atoms with Crippen LogP contribution in [0.25, 0.3) is 0 Å². The number of para-hydroxylation sites is 2. The standard InChI is InChI=1S/C11H12S.C8H10O2/c1-3-7-10-8-5-6-9-11(10)12-4-2;1-9-7-5-3-4-6-8(7)10-2/h1,5-6,8-9H,4,7H2,2H3;3-6H,1-2H3. The number of ether oxygens (including phenoxy) is 2. The fourth-order valence-electron chi connectivity index (χ4n) is 1.84. The van der Waals surface area contributed by atoms with Crippen LogP contribution in [0.5, 0.6) is 11.5 Å². The minimum atomic E-state index is 0.739. The Hall–Kier alpha value is -2.05. The Bertz CT molecular complexity index is 579. The molecule has 0 unspecified atom stereocenters. The molecule has 2 rings (SSSR count). The maximum Gasteiger partial charge on any atom is 0.160 e. The van der Waals surface area contributed by atoms with Crippen molar-refractivity contribution in [3.63, 3.8) is 0 Å². The van der Waals surface area contributed by atoms with Gasteiger partial charge in [0, 0.05) is 11.3 Å². The second-order valence-electron chi connectivity index (χ2n) is 4.28. The largest absolute Gasteiger partial charge is 0.493 e. The summed E-state index contributed by atoms with van der Waals surface area (Å²) in [5.41, 5.74) is 1.27. The van der Waals surface area contributed by atoms with Crippen molar-refractivity contribution in [2.75, 3.05) is 20.0 Å². The molecule has 116 valence electrons. The molecule has 2 aromatic rings. The molecule has 2 nitrogen and oxygen atoms in total. The van der Waals surface area contributed by atoms with Crippen molar-refractivity contribution >= 4 is 11.8 Å². The van der Waals surface area contributed by atoms with E-state index >= 15 is 0 Å². The molecule has 0 aromatic heterocycles. The topological polar surface area (TPSA) is 18.5 Å². The third-order valence-corrected chi connectivity index (χ3v) is 3.85. The Balaban J connectivity index is 0.000000224. The van der Waals surface area contributed by atoms with Crippen LogP contribution in [0.4, 0.5) is 0 Å². The summed E-state index contributed by atoms with van der Waals surface area (Å²) in [6.45, 7) is 2.15. The van der Waals surface area contributed by atoms with E-state index in [1.807, 2.05) is 42.1 Å². The number of rotatable bonds is 5. The van der Waals surface area contributed by atoms with Crippen LogP contribution in [0, 0.1) is 12.3 Å². The molecule has 0 radical (unpaired) electrons. The van der Waals surface area contributed by atoms with Crippen molar-refractivity contribution in [3.05, 3.63) is 54.1 Å². The summed E-state index contributed by atoms with van der Waals surface area (Å²) in [7, 11) is 3.25.